The Hall–Kier alpha value is -0.120. The molecule has 0 bridgehead atoms. The van der Waals surface area contributed by atoms with E-state index in [1.165, 1.54) is 12.8 Å². The molecule has 0 aromatic carbocycles. The number of hydrogen-bond donors (Lipinski definition) is 0. The molecule has 15 heavy (non-hydrogen) atoms. The Balaban J connectivity index is 1.47. The molecule has 2 aliphatic heterocycles. The first kappa shape index (κ1) is 10.1. The van der Waals surface area contributed by atoms with Crippen molar-refractivity contribution in [2.75, 3.05) is 6.61 Å². The van der Waals surface area contributed by atoms with Crippen molar-refractivity contribution in [3.05, 3.63) is 0 Å². The molecule has 3 heteroatoms. The van der Waals surface area contributed by atoms with E-state index in [2.05, 4.69) is 6.92 Å². The highest BCUT2D eigenvalue weighted by molar-refractivity contribution is 5.04. The number of epoxide rings is 1. The third-order valence-corrected chi connectivity index (χ3v) is 3.96. The van der Waals surface area contributed by atoms with Gasteiger partial charge in [-0.2, -0.15) is 0 Å². The minimum absolute atomic E-state index is 0.0619. The van der Waals surface area contributed by atoms with Crippen molar-refractivity contribution >= 4 is 0 Å². The second-order valence-corrected chi connectivity index (χ2v) is 5.25. The van der Waals surface area contributed by atoms with Crippen LogP contribution in [0.15, 0.2) is 0 Å². The lowest BCUT2D eigenvalue weighted by molar-refractivity contribution is -0.192. The monoisotopic (exact) mass is 212 g/mol. The summed E-state index contributed by atoms with van der Waals surface area (Å²) in [5, 5.41) is 0. The molecular weight excluding hydrogens is 192 g/mol. The van der Waals surface area contributed by atoms with Crippen LogP contribution in [0.5, 0.6) is 0 Å². The van der Waals surface area contributed by atoms with Gasteiger partial charge in [0, 0.05) is 13.0 Å². The van der Waals surface area contributed by atoms with Gasteiger partial charge in [-0.1, -0.05) is 0 Å². The van der Waals surface area contributed by atoms with Gasteiger partial charge in [-0.25, -0.2) is 0 Å². The van der Waals surface area contributed by atoms with Crippen molar-refractivity contribution in [2.24, 2.45) is 0 Å². The number of rotatable bonds is 2. The van der Waals surface area contributed by atoms with Crippen molar-refractivity contribution in [2.45, 2.75) is 69.5 Å². The van der Waals surface area contributed by atoms with Gasteiger partial charge in [0.25, 0.3) is 0 Å². The van der Waals surface area contributed by atoms with E-state index in [1.54, 1.807) is 0 Å². The Morgan fingerprint density at radius 3 is 2.93 bits per heavy atom. The maximum absolute atomic E-state index is 5.97. The van der Waals surface area contributed by atoms with E-state index in [1.807, 2.05) is 0 Å². The molecule has 3 rings (SSSR count). The molecule has 2 saturated heterocycles. The largest absolute Gasteiger partial charge is 0.366 e. The first-order valence-corrected chi connectivity index (χ1v) is 6.21. The zero-order chi connectivity index (χ0) is 10.3. The van der Waals surface area contributed by atoms with Crippen LogP contribution in [0.4, 0.5) is 0 Å². The molecule has 0 spiro atoms. The lowest BCUT2D eigenvalue weighted by Crippen LogP contribution is -2.33. The summed E-state index contributed by atoms with van der Waals surface area (Å²) in [4.78, 5) is 0. The highest BCUT2D eigenvalue weighted by atomic mass is 16.7. The fourth-order valence-electron chi connectivity index (χ4n) is 2.77. The maximum atomic E-state index is 5.97. The van der Waals surface area contributed by atoms with Crippen LogP contribution in [0.1, 0.15) is 45.4 Å². The van der Waals surface area contributed by atoms with Crippen LogP contribution in [0, 0.1) is 0 Å². The molecule has 4 atom stereocenters. The minimum Gasteiger partial charge on any atom is -0.366 e. The van der Waals surface area contributed by atoms with E-state index in [9.17, 15) is 0 Å². The average Bonchev–Trinajstić information content (AvgIpc) is 2.91. The van der Waals surface area contributed by atoms with Crippen LogP contribution in [-0.2, 0) is 14.2 Å². The summed E-state index contributed by atoms with van der Waals surface area (Å²) in [5.41, 5.74) is 0.202. The van der Waals surface area contributed by atoms with Gasteiger partial charge < -0.3 is 14.2 Å². The quantitative estimate of drug-likeness (QED) is 0.658. The van der Waals surface area contributed by atoms with Crippen molar-refractivity contribution in [1.82, 2.24) is 0 Å². The lowest BCUT2D eigenvalue weighted by Gasteiger charge is -2.29. The van der Waals surface area contributed by atoms with Crippen LogP contribution in [0.25, 0.3) is 0 Å². The number of fused-ring (bicyclic) bond motifs is 1. The van der Waals surface area contributed by atoms with Gasteiger partial charge in [0.15, 0.2) is 6.29 Å². The van der Waals surface area contributed by atoms with E-state index >= 15 is 0 Å². The topological polar surface area (TPSA) is 31.0 Å². The molecular formula is C12H20O3. The van der Waals surface area contributed by atoms with E-state index < -0.39 is 0 Å². The molecule has 0 amide bonds. The van der Waals surface area contributed by atoms with Gasteiger partial charge in [-0.3, -0.25) is 0 Å². The van der Waals surface area contributed by atoms with Gasteiger partial charge in [0.2, 0.25) is 0 Å². The standard InChI is InChI=1S/C12H20O3/c1-12-6-5-9(8-10(12)15-12)14-11-4-2-3-7-13-11/h9-11H,2-8H2,1H3. The van der Waals surface area contributed by atoms with Crippen LogP contribution in [0.3, 0.4) is 0 Å². The third kappa shape index (κ3) is 2.05. The normalized spacial score (nSPS) is 49.8. The first-order chi connectivity index (χ1) is 7.26. The Bertz CT molecular complexity index is 237. The van der Waals surface area contributed by atoms with Crippen molar-refractivity contribution < 1.29 is 14.2 Å². The zero-order valence-electron chi connectivity index (χ0n) is 9.41. The van der Waals surface area contributed by atoms with Crippen LogP contribution in [-0.4, -0.2) is 30.7 Å². The molecule has 0 aromatic heterocycles. The summed E-state index contributed by atoms with van der Waals surface area (Å²) in [6.45, 7) is 3.08. The molecule has 3 aliphatic rings. The van der Waals surface area contributed by atoms with Crippen LogP contribution >= 0.6 is 0 Å². The zero-order valence-corrected chi connectivity index (χ0v) is 9.41. The molecule has 2 heterocycles. The molecule has 4 unspecified atom stereocenters. The fourth-order valence-corrected chi connectivity index (χ4v) is 2.77. The van der Waals surface area contributed by atoms with Crippen molar-refractivity contribution in [3.63, 3.8) is 0 Å². The molecule has 0 aromatic rings. The Labute approximate surface area is 91.1 Å². The van der Waals surface area contributed by atoms with Crippen molar-refractivity contribution in [1.29, 1.82) is 0 Å². The van der Waals surface area contributed by atoms with Gasteiger partial charge in [0.1, 0.15) is 0 Å². The smallest absolute Gasteiger partial charge is 0.157 e. The summed E-state index contributed by atoms with van der Waals surface area (Å²) in [5.74, 6) is 0. The van der Waals surface area contributed by atoms with Gasteiger partial charge in [-0.05, 0) is 39.0 Å². The van der Waals surface area contributed by atoms with E-state index in [4.69, 9.17) is 14.2 Å². The number of hydrogen-bond acceptors (Lipinski definition) is 3. The second-order valence-electron chi connectivity index (χ2n) is 5.25. The molecule has 0 radical (unpaired) electrons. The van der Waals surface area contributed by atoms with Crippen LogP contribution in [0.2, 0.25) is 0 Å². The molecule has 0 N–H and O–H groups in total. The molecule has 3 fully saturated rings. The third-order valence-electron chi connectivity index (χ3n) is 3.96. The van der Waals surface area contributed by atoms with Gasteiger partial charge in [0.05, 0.1) is 17.8 Å². The summed E-state index contributed by atoms with van der Waals surface area (Å²) >= 11 is 0. The number of ether oxygens (including phenoxy) is 3. The van der Waals surface area contributed by atoms with E-state index in [0.717, 1.165) is 32.3 Å². The van der Waals surface area contributed by atoms with E-state index in [-0.39, 0.29) is 11.9 Å². The second kappa shape index (κ2) is 3.72. The SMILES string of the molecule is CC12CCC(OC3CCCCO3)CC1O2. The Morgan fingerprint density at radius 2 is 2.20 bits per heavy atom. The summed E-state index contributed by atoms with van der Waals surface area (Å²) in [7, 11) is 0. The van der Waals surface area contributed by atoms with Crippen molar-refractivity contribution in [3.8, 4) is 0 Å². The molecule has 86 valence electrons. The predicted octanol–water partition coefficient (Wildman–Crippen LogP) is 2.24. The molecule has 1 saturated carbocycles. The minimum atomic E-state index is 0.0619. The highest BCUT2D eigenvalue weighted by Gasteiger charge is 2.55. The predicted molar refractivity (Wildman–Crippen MR) is 55.6 cm³/mol. The summed E-state index contributed by atoms with van der Waals surface area (Å²) in [6.07, 6.45) is 7.74. The first-order valence-electron chi connectivity index (χ1n) is 6.21. The van der Waals surface area contributed by atoms with E-state index in [0.29, 0.717) is 12.2 Å². The van der Waals surface area contributed by atoms with Crippen LogP contribution < -0.4 is 0 Å². The molecule has 1 aliphatic carbocycles. The van der Waals surface area contributed by atoms with Gasteiger partial charge >= 0.3 is 0 Å². The highest BCUT2D eigenvalue weighted by Crippen LogP contribution is 2.48. The lowest BCUT2D eigenvalue weighted by atomic mass is 9.89. The fraction of sp³-hybridized carbons (Fsp3) is 1.00. The summed E-state index contributed by atoms with van der Waals surface area (Å²) in [6, 6.07) is 0. The van der Waals surface area contributed by atoms with Gasteiger partial charge in [-0.15, -0.1) is 0 Å². The summed E-state index contributed by atoms with van der Waals surface area (Å²) < 4.78 is 17.2. The maximum Gasteiger partial charge on any atom is 0.157 e. The average molecular weight is 212 g/mol. The molecule has 3 nitrogen and oxygen atoms in total. The Morgan fingerprint density at radius 1 is 1.27 bits per heavy atom. The Kier molecular flexibility index (Phi) is 2.49.